The monoisotopic (exact) mass is 425 g/mol. The average Bonchev–Trinajstić information content (AvgIpc) is 2.69. The third-order valence-corrected chi connectivity index (χ3v) is 6.17. The Labute approximate surface area is 183 Å². The van der Waals surface area contributed by atoms with Crippen LogP contribution >= 0.6 is 0 Å². The van der Waals surface area contributed by atoms with E-state index in [0.29, 0.717) is 36.2 Å². The second kappa shape index (κ2) is 9.16. The summed E-state index contributed by atoms with van der Waals surface area (Å²) in [5.74, 6) is -0.869. The van der Waals surface area contributed by atoms with Crippen LogP contribution in [0.2, 0.25) is 0 Å². The number of hydrogen-bond donors (Lipinski definition) is 0. The number of rotatable bonds is 7. The zero-order chi connectivity index (χ0) is 22.8. The number of Topliss-reactive ketones (excluding diaryl/α,β-unsaturated/α-hetero) is 1. The number of nitro groups is 1. The summed E-state index contributed by atoms with van der Waals surface area (Å²) in [6.07, 6.45) is 4.64. The Kier molecular flexibility index (Phi) is 6.77. The maximum Gasteiger partial charge on any atom is 0.334 e. The van der Waals surface area contributed by atoms with Gasteiger partial charge in [0.15, 0.2) is 5.78 Å². The molecule has 0 saturated heterocycles. The molecular formula is C25H31NO5. The van der Waals surface area contributed by atoms with Crippen molar-refractivity contribution >= 4 is 17.4 Å². The van der Waals surface area contributed by atoms with E-state index in [1.54, 1.807) is 12.1 Å². The molecule has 0 aliphatic heterocycles. The minimum atomic E-state index is -0.535. The highest BCUT2D eigenvalue weighted by Gasteiger charge is 2.42. The van der Waals surface area contributed by atoms with Crippen LogP contribution in [0.1, 0.15) is 77.7 Å². The summed E-state index contributed by atoms with van der Waals surface area (Å²) in [6, 6.07) is 6.18. The quantitative estimate of drug-likeness (QED) is 0.238. The van der Waals surface area contributed by atoms with Crippen molar-refractivity contribution in [2.45, 2.75) is 72.1 Å². The van der Waals surface area contributed by atoms with Crippen LogP contribution in [-0.4, -0.2) is 23.3 Å². The van der Waals surface area contributed by atoms with Crippen molar-refractivity contribution in [1.29, 1.82) is 0 Å². The zero-order valence-electron chi connectivity index (χ0n) is 18.8. The number of allylic oxidation sites excluding steroid dienone is 3. The van der Waals surface area contributed by atoms with E-state index in [1.165, 1.54) is 12.1 Å². The molecule has 1 unspecified atom stereocenters. The number of nitrogens with zero attached hydrogens (tertiary/aromatic N) is 1. The number of non-ortho nitro benzene ring substituents is 1. The smallest absolute Gasteiger partial charge is 0.334 e. The molecule has 2 aliphatic rings. The summed E-state index contributed by atoms with van der Waals surface area (Å²) in [6.45, 7) is 8.54. The number of nitro benzene ring substituents is 1. The molecule has 3 rings (SSSR count). The van der Waals surface area contributed by atoms with Gasteiger partial charge in [0.05, 0.1) is 11.5 Å². The van der Waals surface area contributed by atoms with Gasteiger partial charge in [-0.3, -0.25) is 14.9 Å². The first kappa shape index (κ1) is 22.9. The largest absolute Gasteiger partial charge is 0.462 e. The van der Waals surface area contributed by atoms with Crippen LogP contribution in [0.5, 0.6) is 0 Å². The van der Waals surface area contributed by atoms with Crippen molar-refractivity contribution in [2.24, 2.45) is 5.41 Å². The summed E-state index contributed by atoms with van der Waals surface area (Å²) in [4.78, 5) is 37.0. The van der Waals surface area contributed by atoms with E-state index >= 15 is 0 Å². The maximum atomic E-state index is 13.2. The average molecular weight is 426 g/mol. The fraction of sp³-hybridized carbons (Fsp3) is 0.520. The minimum absolute atomic E-state index is 0.0192. The molecule has 0 bridgehead atoms. The molecule has 0 heterocycles. The van der Waals surface area contributed by atoms with E-state index in [0.717, 1.165) is 36.8 Å². The highest BCUT2D eigenvalue weighted by Crippen LogP contribution is 2.50. The van der Waals surface area contributed by atoms with Gasteiger partial charge in [0.25, 0.3) is 5.69 Å². The minimum Gasteiger partial charge on any atom is -0.462 e. The molecule has 0 spiro atoms. The Morgan fingerprint density at radius 2 is 1.87 bits per heavy atom. The van der Waals surface area contributed by atoms with Gasteiger partial charge in [-0.05, 0) is 37.2 Å². The lowest BCUT2D eigenvalue weighted by atomic mass is 9.64. The molecule has 1 aromatic rings. The topological polar surface area (TPSA) is 86.5 Å². The van der Waals surface area contributed by atoms with Crippen LogP contribution < -0.4 is 0 Å². The van der Waals surface area contributed by atoms with Gasteiger partial charge >= 0.3 is 5.97 Å². The van der Waals surface area contributed by atoms with Crippen LogP contribution in [0.25, 0.3) is 0 Å². The van der Waals surface area contributed by atoms with Crippen molar-refractivity contribution in [3.05, 3.63) is 62.2 Å². The predicted molar refractivity (Wildman–Crippen MR) is 119 cm³/mol. The lowest BCUT2D eigenvalue weighted by Gasteiger charge is -2.39. The number of carbonyl (C=O) groups excluding carboxylic acids is 2. The Morgan fingerprint density at radius 3 is 2.48 bits per heavy atom. The molecule has 1 atom stereocenters. The second-order valence-electron chi connectivity index (χ2n) is 9.45. The van der Waals surface area contributed by atoms with Crippen LogP contribution in [-0.2, 0) is 14.3 Å². The van der Waals surface area contributed by atoms with E-state index in [9.17, 15) is 19.7 Å². The fourth-order valence-corrected chi connectivity index (χ4v) is 4.80. The third kappa shape index (κ3) is 4.94. The zero-order valence-corrected chi connectivity index (χ0v) is 18.8. The number of ketones is 1. The highest BCUT2D eigenvalue weighted by atomic mass is 16.6. The Hall–Kier alpha value is -2.76. The van der Waals surface area contributed by atoms with Crippen molar-refractivity contribution < 1.29 is 19.2 Å². The Bertz CT molecular complexity index is 953. The van der Waals surface area contributed by atoms with E-state index in [4.69, 9.17) is 4.74 Å². The predicted octanol–water partition coefficient (Wildman–Crippen LogP) is 5.82. The molecule has 0 N–H and O–H groups in total. The third-order valence-electron chi connectivity index (χ3n) is 6.17. The van der Waals surface area contributed by atoms with E-state index < -0.39 is 10.8 Å². The van der Waals surface area contributed by atoms with Gasteiger partial charge in [-0.2, -0.15) is 0 Å². The summed E-state index contributed by atoms with van der Waals surface area (Å²) >= 11 is 0. The van der Waals surface area contributed by atoms with Gasteiger partial charge in [0.1, 0.15) is 0 Å². The molecule has 0 saturated carbocycles. The van der Waals surface area contributed by atoms with Gasteiger partial charge in [-0.25, -0.2) is 4.79 Å². The number of hydrogen-bond acceptors (Lipinski definition) is 5. The summed E-state index contributed by atoms with van der Waals surface area (Å²) in [5.41, 5.74) is 3.75. The van der Waals surface area contributed by atoms with E-state index in [1.807, 2.05) is 6.92 Å². The highest BCUT2D eigenvalue weighted by molar-refractivity contribution is 6.04. The van der Waals surface area contributed by atoms with Gasteiger partial charge < -0.3 is 4.74 Å². The molecule has 0 radical (unpaired) electrons. The van der Waals surface area contributed by atoms with Crippen LogP contribution in [0, 0.1) is 15.5 Å². The SMILES string of the molecule is CCCCCOC(=O)C1=C(C)CC2=C(C(=O)CC(C)(C)C2)C1c1ccc([N+](=O)[O-])cc1. The van der Waals surface area contributed by atoms with Crippen molar-refractivity contribution in [2.75, 3.05) is 6.61 Å². The van der Waals surface area contributed by atoms with Gasteiger partial charge in [0.2, 0.25) is 0 Å². The summed E-state index contributed by atoms with van der Waals surface area (Å²) in [5, 5.41) is 11.1. The number of unbranched alkanes of at least 4 members (excludes halogenated alkanes) is 2. The number of ether oxygens (including phenoxy) is 1. The molecule has 0 fully saturated rings. The molecule has 6 heteroatoms. The molecule has 2 aliphatic carbocycles. The fourth-order valence-electron chi connectivity index (χ4n) is 4.80. The molecular weight excluding hydrogens is 394 g/mol. The molecule has 0 amide bonds. The molecule has 0 aromatic heterocycles. The second-order valence-corrected chi connectivity index (χ2v) is 9.45. The van der Waals surface area contributed by atoms with Crippen LogP contribution in [0.15, 0.2) is 46.6 Å². The molecule has 31 heavy (non-hydrogen) atoms. The standard InChI is InChI=1S/C25H31NO5/c1-5-6-7-12-31-24(28)21-16(2)13-18-14-25(3,4)15-20(27)22(18)23(21)17-8-10-19(11-9-17)26(29)30/h8-11,23H,5-7,12-15H2,1-4H3. The first-order chi connectivity index (χ1) is 14.6. The van der Waals surface area contributed by atoms with Gasteiger partial charge in [0, 0.05) is 35.6 Å². The lowest BCUT2D eigenvalue weighted by molar-refractivity contribution is -0.384. The van der Waals surface area contributed by atoms with Crippen molar-refractivity contribution in [3.63, 3.8) is 0 Å². The van der Waals surface area contributed by atoms with Gasteiger partial charge in [-0.1, -0.05) is 56.9 Å². The van der Waals surface area contributed by atoms with Crippen molar-refractivity contribution in [1.82, 2.24) is 0 Å². The molecule has 6 nitrogen and oxygen atoms in total. The van der Waals surface area contributed by atoms with Crippen LogP contribution in [0.3, 0.4) is 0 Å². The van der Waals surface area contributed by atoms with E-state index in [-0.39, 0.29) is 22.9 Å². The maximum absolute atomic E-state index is 13.2. The summed E-state index contributed by atoms with van der Waals surface area (Å²) in [7, 11) is 0. The van der Waals surface area contributed by atoms with Gasteiger partial charge in [-0.15, -0.1) is 0 Å². The van der Waals surface area contributed by atoms with Crippen LogP contribution in [0.4, 0.5) is 5.69 Å². The summed E-state index contributed by atoms with van der Waals surface area (Å²) < 4.78 is 5.58. The number of carbonyl (C=O) groups is 2. The normalized spacial score (nSPS) is 20.5. The van der Waals surface area contributed by atoms with E-state index in [2.05, 4.69) is 20.8 Å². The molecule has 1 aromatic carbocycles. The Balaban J connectivity index is 2.03. The number of benzene rings is 1. The molecule has 166 valence electrons. The Morgan fingerprint density at radius 1 is 1.19 bits per heavy atom. The number of esters is 1. The first-order valence-corrected chi connectivity index (χ1v) is 11.0. The lowest BCUT2D eigenvalue weighted by Crippen LogP contribution is -2.33. The first-order valence-electron chi connectivity index (χ1n) is 11.0. The van der Waals surface area contributed by atoms with Crippen molar-refractivity contribution in [3.8, 4) is 0 Å².